The van der Waals surface area contributed by atoms with E-state index in [9.17, 15) is 14.4 Å². The summed E-state index contributed by atoms with van der Waals surface area (Å²) < 4.78 is 0. The number of hydrogen-bond donors (Lipinski definition) is 2. The Balaban J connectivity index is 1.97. The number of pyridine rings is 1. The standard InChI is InChI=1S/C16H23N3O3S/c1-13(20)23-12-16(22)18-9-4-2-3-7-15(21)19-11-14-6-5-8-17-10-14/h5-6,8,10H,2-4,7,9,11-12H2,1H3,(H,18,22)(H,19,21). The third kappa shape index (κ3) is 10.5. The molecule has 0 aliphatic rings. The van der Waals surface area contributed by atoms with Crippen molar-refractivity contribution in [2.75, 3.05) is 12.3 Å². The van der Waals surface area contributed by atoms with Crippen molar-refractivity contribution in [3.05, 3.63) is 30.1 Å². The van der Waals surface area contributed by atoms with Gasteiger partial charge >= 0.3 is 0 Å². The normalized spacial score (nSPS) is 10.1. The van der Waals surface area contributed by atoms with Gasteiger partial charge in [0.15, 0.2) is 5.12 Å². The molecular formula is C16H23N3O3S. The van der Waals surface area contributed by atoms with Crippen molar-refractivity contribution >= 4 is 28.7 Å². The number of rotatable bonds is 10. The van der Waals surface area contributed by atoms with Gasteiger partial charge < -0.3 is 10.6 Å². The fraction of sp³-hybridized carbons (Fsp3) is 0.500. The van der Waals surface area contributed by atoms with E-state index in [0.717, 1.165) is 36.6 Å². The van der Waals surface area contributed by atoms with Crippen LogP contribution < -0.4 is 10.6 Å². The van der Waals surface area contributed by atoms with Crippen molar-refractivity contribution in [2.45, 2.75) is 39.2 Å². The number of unbranched alkanes of at least 4 members (excludes halogenated alkanes) is 2. The summed E-state index contributed by atoms with van der Waals surface area (Å²) in [7, 11) is 0. The van der Waals surface area contributed by atoms with Crippen LogP contribution in [0.4, 0.5) is 0 Å². The fourth-order valence-electron chi connectivity index (χ4n) is 1.83. The smallest absolute Gasteiger partial charge is 0.230 e. The number of aromatic nitrogens is 1. The number of carbonyl (C=O) groups excluding carboxylic acids is 3. The molecule has 0 atom stereocenters. The maximum absolute atomic E-state index is 11.7. The van der Waals surface area contributed by atoms with Gasteiger partial charge in [-0.1, -0.05) is 24.2 Å². The van der Waals surface area contributed by atoms with Gasteiger partial charge in [0.1, 0.15) is 0 Å². The number of amides is 2. The summed E-state index contributed by atoms with van der Waals surface area (Å²) in [5.74, 6) is 0.0710. The second kappa shape index (κ2) is 11.6. The van der Waals surface area contributed by atoms with Gasteiger partial charge in [0.05, 0.1) is 5.75 Å². The number of thioether (sulfide) groups is 1. The highest BCUT2D eigenvalue weighted by Crippen LogP contribution is 2.02. The molecule has 7 heteroatoms. The van der Waals surface area contributed by atoms with Gasteiger partial charge in [0.25, 0.3) is 0 Å². The average molecular weight is 337 g/mol. The van der Waals surface area contributed by atoms with Crippen LogP contribution in [0.15, 0.2) is 24.5 Å². The zero-order valence-electron chi connectivity index (χ0n) is 13.3. The van der Waals surface area contributed by atoms with E-state index in [2.05, 4.69) is 15.6 Å². The van der Waals surface area contributed by atoms with Gasteiger partial charge in [0.2, 0.25) is 11.8 Å². The summed E-state index contributed by atoms with van der Waals surface area (Å²) in [5, 5.41) is 5.55. The molecule has 1 rings (SSSR count). The minimum atomic E-state index is -0.126. The van der Waals surface area contributed by atoms with E-state index >= 15 is 0 Å². The first-order chi connectivity index (χ1) is 11.1. The van der Waals surface area contributed by atoms with Gasteiger partial charge in [-0.2, -0.15) is 0 Å². The predicted octanol–water partition coefficient (Wildman–Crippen LogP) is 1.65. The fourth-order valence-corrected chi connectivity index (χ4v) is 2.26. The predicted molar refractivity (Wildman–Crippen MR) is 90.7 cm³/mol. The minimum Gasteiger partial charge on any atom is -0.355 e. The van der Waals surface area contributed by atoms with Crippen LogP contribution in [0.2, 0.25) is 0 Å². The first-order valence-corrected chi connectivity index (χ1v) is 8.62. The first-order valence-electron chi connectivity index (χ1n) is 7.63. The molecule has 0 radical (unpaired) electrons. The third-order valence-electron chi connectivity index (χ3n) is 3.02. The summed E-state index contributed by atoms with van der Waals surface area (Å²) in [6, 6.07) is 3.76. The van der Waals surface area contributed by atoms with Gasteiger partial charge in [0, 0.05) is 38.8 Å². The summed E-state index contributed by atoms with van der Waals surface area (Å²) in [6.45, 7) is 2.52. The lowest BCUT2D eigenvalue weighted by Crippen LogP contribution is -2.26. The Hall–Kier alpha value is -1.89. The third-order valence-corrected chi connectivity index (χ3v) is 3.83. The Labute approximate surface area is 140 Å². The second-order valence-electron chi connectivity index (χ2n) is 5.08. The monoisotopic (exact) mass is 337 g/mol. The SMILES string of the molecule is CC(=O)SCC(=O)NCCCCCC(=O)NCc1cccnc1. The van der Waals surface area contributed by atoms with E-state index in [1.807, 2.05) is 12.1 Å². The van der Waals surface area contributed by atoms with Crippen LogP contribution in [0, 0.1) is 0 Å². The molecule has 2 amide bonds. The number of nitrogens with one attached hydrogen (secondary N) is 2. The van der Waals surface area contributed by atoms with E-state index in [1.54, 1.807) is 12.4 Å². The van der Waals surface area contributed by atoms with Crippen molar-refractivity contribution in [1.29, 1.82) is 0 Å². The van der Waals surface area contributed by atoms with Crippen molar-refractivity contribution in [1.82, 2.24) is 15.6 Å². The topological polar surface area (TPSA) is 88.2 Å². The summed E-state index contributed by atoms with van der Waals surface area (Å²) in [4.78, 5) is 37.7. The quantitative estimate of drug-likeness (QED) is 0.634. The van der Waals surface area contributed by atoms with Crippen LogP contribution in [-0.2, 0) is 20.9 Å². The average Bonchev–Trinajstić information content (AvgIpc) is 2.55. The molecular weight excluding hydrogens is 314 g/mol. The Bertz CT molecular complexity index is 509. The molecule has 0 unspecified atom stereocenters. The summed E-state index contributed by atoms with van der Waals surface area (Å²) in [6.07, 6.45) is 6.40. The molecule has 1 heterocycles. The van der Waals surface area contributed by atoms with E-state index in [-0.39, 0.29) is 22.7 Å². The van der Waals surface area contributed by atoms with E-state index < -0.39 is 0 Å². The lowest BCUT2D eigenvalue weighted by molar-refractivity contribution is -0.121. The largest absolute Gasteiger partial charge is 0.355 e. The summed E-state index contributed by atoms with van der Waals surface area (Å²) >= 11 is 1.01. The maximum atomic E-state index is 11.7. The molecule has 0 saturated heterocycles. The number of carbonyl (C=O) groups is 3. The molecule has 0 aliphatic heterocycles. The van der Waals surface area contributed by atoms with Gasteiger partial charge in [-0.3, -0.25) is 19.4 Å². The molecule has 126 valence electrons. The molecule has 0 aliphatic carbocycles. The van der Waals surface area contributed by atoms with Crippen molar-refractivity contribution < 1.29 is 14.4 Å². The Morgan fingerprint density at radius 2 is 1.96 bits per heavy atom. The summed E-state index contributed by atoms with van der Waals surface area (Å²) in [5.41, 5.74) is 0.979. The molecule has 0 bridgehead atoms. The van der Waals surface area contributed by atoms with E-state index in [4.69, 9.17) is 0 Å². The van der Waals surface area contributed by atoms with Crippen molar-refractivity contribution in [3.63, 3.8) is 0 Å². The van der Waals surface area contributed by atoms with Crippen LogP contribution in [0.3, 0.4) is 0 Å². The zero-order chi connectivity index (χ0) is 16.9. The van der Waals surface area contributed by atoms with E-state index in [1.165, 1.54) is 6.92 Å². The molecule has 0 fully saturated rings. The van der Waals surface area contributed by atoms with Crippen LogP contribution in [0.1, 0.15) is 38.2 Å². The molecule has 1 aromatic heterocycles. The van der Waals surface area contributed by atoms with Gasteiger partial charge in [-0.05, 0) is 24.5 Å². The highest BCUT2D eigenvalue weighted by atomic mass is 32.2. The number of hydrogen-bond acceptors (Lipinski definition) is 5. The van der Waals surface area contributed by atoms with Gasteiger partial charge in [-0.25, -0.2) is 0 Å². The molecule has 1 aromatic rings. The highest BCUT2D eigenvalue weighted by Gasteiger charge is 2.04. The zero-order valence-corrected chi connectivity index (χ0v) is 14.2. The molecule has 0 spiro atoms. The lowest BCUT2D eigenvalue weighted by Gasteiger charge is -2.06. The van der Waals surface area contributed by atoms with Crippen LogP contribution in [0.25, 0.3) is 0 Å². The minimum absolute atomic E-state index is 0.0238. The van der Waals surface area contributed by atoms with Crippen molar-refractivity contribution in [2.24, 2.45) is 0 Å². The second-order valence-corrected chi connectivity index (χ2v) is 6.23. The molecule has 23 heavy (non-hydrogen) atoms. The molecule has 0 saturated carbocycles. The van der Waals surface area contributed by atoms with E-state index in [0.29, 0.717) is 19.5 Å². The molecule has 2 N–H and O–H groups in total. The van der Waals surface area contributed by atoms with Crippen LogP contribution in [0.5, 0.6) is 0 Å². The van der Waals surface area contributed by atoms with Gasteiger partial charge in [-0.15, -0.1) is 0 Å². The van der Waals surface area contributed by atoms with Crippen LogP contribution >= 0.6 is 11.8 Å². The first kappa shape index (κ1) is 19.2. The molecule has 0 aromatic carbocycles. The highest BCUT2D eigenvalue weighted by molar-refractivity contribution is 8.14. The Morgan fingerprint density at radius 3 is 2.65 bits per heavy atom. The number of nitrogens with zero attached hydrogens (tertiary/aromatic N) is 1. The Kier molecular flexibility index (Phi) is 9.70. The molecule has 6 nitrogen and oxygen atoms in total. The van der Waals surface area contributed by atoms with Crippen LogP contribution in [-0.4, -0.2) is 34.2 Å². The van der Waals surface area contributed by atoms with Crippen molar-refractivity contribution in [3.8, 4) is 0 Å². The Morgan fingerprint density at radius 1 is 1.13 bits per heavy atom. The lowest BCUT2D eigenvalue weighted by atomic mass is 10.2. The maximum Gasteiger partial charge on any atom is 0.230 e.